The first-order valence-corrected chi connectivity index (χ1v) is 11.1. The van der Waals surface area contributed by atoms with Gasteiger partial charge >= 0.3 is 5.97 Å². The normalized spacial score (nSPS) is 14.1. The highest BCUT2D eigenvalue weighted by atomic mass is 32.2. The fourth-order valence-corrected chi connectivity index (χ4v) is 4.58. The second-order valence-electron chi connectivity index (χ2n) is 6.42. The van der Waals surface area contributed by atoms with Gasteiger partial charge in [0.1, 0.15) is 16.2 Å². The topological polar surface area (TPSA) is 106 Å². The number of piperazine rings is 1. The third kappa shape index (κ3) is 4.62. The number of carbonyl (C=O) groups excluding carboxylic acids is 3. The average molecular weight is 447 g/mol. The smallest absolute Gasteiger partial charge is 0.316 e. The van der Waals surface area contributed by atoms with E-state index in [1.54, 1.807) is 21.9 Å². The summed E-state index contributed by atoms with van der Waals surface area (Å²) in [6.45, 7) is 1.26. The van der Waals surface area contributed by atoms with Crippen molar-refractivity contribution in [3.05, 3.63) is 41.9 Å². The van der Waals surface area contributed by atoms with Crippen LogP contribution in [0.4, 0.5) is 0 Å². The number of hydrogen-bond acceptors (Lipinski definition) is 9. The van der Waals surface area contributed by atoms with Gasteiger partial charge in [-0.1, -0.05) is 11.8 Å². The molecule has 0 spiro atoms. The van der Waals surface area contributed by atoms with Gasteiger partial charge in [-0.3, -0.25) is 14.4 Å². The first-order valence-electron chi connectivity index (χ1n) is 9.19. The maximum atomic E-state index is 12.3. The molecule has 9 nitrogen and oxygen atoms in total. The Balaban J connectivity index is 1.20. The zero-order valence-corrected chi connectivity index (χ0v) is 17.5. The van der Waals surface area contributed by atoms with E-state index in [0.29, 0.717) is 31.2 Å². The average Bonchev–Trinajstić information content (AvgIpc) is 3.48. The van der Waals surface area contributed by atoms with Crippen molar-refractivity contribution < 1.29 is 23.5 Å². The van der Waals surface area contributed by atoms with Crippen molar-refractivity contribution in [2.75, 3.05) is 38.5 Å². The summed E-state index contributed by atoms with van der Waals surface area (Å²) < 4.78 is 10.2. The number of carbonyl (C=O) groups is 3. The Labute approximate surface area is 180 Å². The van der Waals surface area contributed by atoms with Crippen LogP contribution in [0, 0.1) is 0 Å². The summed E-state index contributed by atoms with van der Waals surface area (Å²) in [5.41, 5.74) is 0. The molecule has 0 bridgehead atoms. The van der Waals surface area contributed by atoms with E-state index in [1.165, 1.54) is 35.7 Å². The summed E-state index contributed by atoms with van der Waals surface area (Å²) in [5, 5.41) is 3.53. The van der Waals surface area contributed by atoms with Crippen LogP contribution in [-0.2, 0) is 14.3 Å². The fraction of sp³-hybridized carbons (Fsp3) is 0.316. The summed E-state index contributed by atoms with van der Waals surface area (Å²) in [5.74, 6) is -0.618. The van der Waals surface area contributed by atoms with Crippen LogP contribution in [0.1, 0.15) is 10.6 Å². The minimum Gasteiger partial charge on any atom is -0.459 e. The molecule has 0 unspecified atom stereocenters. The Bertz CT molecular complexity index is 1040. The predicted molar refractivity (Wildman–Crippen MR) is 110 cm³/mol. The third-order valence-electron chi connectivity index (χ3n) is 4.56. The first kappa shape index (κ1) is 20.4. The van der Waals surface area contributed by atoms with Crippen molar-refractivity contribution >= 4 is 51.1 Å². The van der Waals surface area contributed by atoms with Crippen molar-refractivity contribution in [1.29, 1.82) is 0 Å². The zero-order chi connectivity index (χ0) is 20.9. The number of hydrogen-bond donors (Lipinski definition) is 0. The summed E-state index contributed by atoms with van der Waals surface area (Å²) in [6.07, 6.45) is 2.92. The molecule has 0 radical (unpaired) electrons. The molecule has 3 aromatic rings. The summed E-state index contributed by atoms with van der Waals surface area (Å²) in [7, 11) is 0. The van der Waals surface area contributed by atoms with E-state index in [2.05, 4.69) is 9.97 Å². The quantitative estimate of drug-likeness (QED) is 0.321. The number of thioether (sulfide) groups is 1. The minimum atomic E-state index is -0.484. The van der Waals surface area contributed by atoms with Crippen LogP contribution in [0.3, 0.4) is 0 Å². The van der Waals surface area contributed by atoms with E-state index in [1.807, 2.05) is 11.4 Å². The first-order chi connectivity index (χ1) is 14.6. The van der Waals surface area contributed by atoms with Crippen LogP contribution in [0.15, 0.2) is 45.6 Å². The summed E-state index contributed by atoms with van der Waals surface area (Å²) >= 11 is 2.76. The molecule has 0 atom stereocenters. The molecule has 3 aromatic heterocycles. The Hall–Kier alpha value is -2.92. The fourth-order valence-electron chi connectivity index (χ4n) is 3.00. The Morgan fingerprint density at radius 3 is 2.70 bits per heavy atom. The number of rotatable bonds is 6. The van der Waals surface area contributed by atoms with Gasteiger partial charge in [-0.05, 0) is 23.6 Å². The minimum absolute atomic E-state index is 0.0562. The molecule has 156 valence electrons. The van der Waals surface area contributed by atoms with E-state index in [9.17, 15) is 14.4 Å². The Morgan fingerprint density at radius 1 is 1.13 bits per heavy atom. The lowest BCUT2D eigenvalue weighted by Crippen LogP contribution is -2.51. The van der Waals surface area contributed by atoms with Gasteiger partial charge in [-0.2, -0.15) is 0 Å². The zero-order valence-electron chi connectivity index (χ0n) is 15.9. The van der Waals surface area contributed by atoms with Crippen LogP contribution < -0.4 is 0 Å². The van der Waals surface area contributed by atoms with Crippen molar-refractivity contribution in [3.63, 3.8) is 0 Å². The molecular formula is C19H18N4O5S2. The number of fused-ring (bicyclic) bond motifs is 1. The van der Waals surface area contributed by atoms with Crippen molar-refractivity contribution in [1.82, 2.24) is 19.8 Å². The molecule has 1 saturated heterocycles. The number of furan rings is 1. The molecule has 2 amide bonds. The standard InChI is InChI=1S/C19H18N4O5S2/c24-15(22-4-6-23(7-5-22)19(26)14-2-1-8-27-14)10-28-16(25)11-30-18-13-3-9-29-17(13)20-12-21-18/h1-3,8-9,12H,4-7,10-11H2. The number of ether oxygens (including phenoxy) is 1. The molecular weight excluding hydrogens is 428 g/mol. The SMILES string of the molecule is O=C(CSc1ncnc2sccc12)OCC(=O)N1CCN(C(=O)c2ccco2)CC1. The predicted octanol–water partition coefficient (Wildman–Crippen LogP) is 1.90. The molecule has 1 aliphatic heterocycles. The van der Waals surface area contributed by atoms with Gasteiger partial charge in [0.05, 0.1) is 12.0 Å². The highest BCUT2D eigenvalue weighted by molar-refractivity contribution is 8.00. The molecule has 1 aliphatic rings. The molecule has 0 saturated carbocycles. The number of amides is 2. The van der Waals surface area contributed by atoms with Gasteiger partial charge in [0.2, 0.25) is 0 Å². The van der Waals surface area contributed by atoms with Crippen molar-refractivity contribution in [2.24, 2.45) is 0 Å². The molecule has 4 heterocycles. The van der Waals surface area contributed by atoms with Crippen molar-refractivity contribution in [2.45, 2.75) is 5.03 Å². The number of thiophene rings is 1. The van der Waals surface area contributed by atoms with E-state index >= 15 is 0 Å². The largest absolute Gasteiger partial charge is 0.459 e. The molecule has 4 rings (SSSR count). The van der Waals surface area contributed by atoms with E-state index in [-0.39, 0.29) is 29.9 Å². The van der Waals surface area contributed by atoms with Crippen LogP contribution in [0.2, 0.25) is 0 Å². The molecule has 1 fully saturated rings. The third-order valence-corrected chi connectivity index (χ3v) is 6.36. The highest BCUT2D eigenvalue weighted by Gasteiger charge is 2.26. The van der Waals surface area contributed by atoms with Gasteiger partial charge in [0.25, 0.3) is 11.8 Å². The second-order valence-corrected chi connectivity index (χ2v) is 8.28. The maximum absolute atomic E-state index is 12.3. The van der Waals surface area contributed by atoms with E-state index in [0.717, 1.165) is 10.2 Å². The van der Waals surface area contributed by atoms with Crippen LogP contribution >= 0.6 is 23.1 Å². The van der Waals surface area contributed by atoms with E-state index < -0.39 is 5.97 Å². The van der Waals surface area contributed by atoms with Gasteiger partial charge < -0.3 is 19.0 Å². The van der Waals surface area contributed by atoms with E-state index in [4.69, 9.17) is 9.15 Å². The maximum Gasteiger partial charge on any atom is 0.316 e. The molecule has 30 heavy (non-hydrogen) atoms. The van der Waals surface area contributed by atoms with Crippen molar-refractivity contribution in [3.8, 4) is 0 Å². The molecule has 0 aromatic carbocycles. The summed E-state index contributed by atoms with van der Waals surface area (Å²) in [6, 6.07) is 5.18. The van der Waals surface area contributed by atoms with Gasteiger partial charge in [-0.15, -0.1) is 11.3 Å². The molecule has 0 aliphatic carbocycles. The number of nitrogens with zero attached hydrogens (tertiary/aromatic N) is 4. The lowest BCUT2D eigenvalue weighted by Gasteiger charge is -2.34. The molecule has 0 N–H and O–H groups in total. The van der Waals surface area contributed by atoms with Crippen LogP contribution in [0.25, 0.3) is 10.2 Å². The van der Waals surface area contributed by atoms with Gasteiger partial charge in [-0.25, -0.2) is 9.97 Å². The Kier molecular flexibility index (Phi) is 6.29. The van der Waals surface area contributed by atoms with Gasteiger partial charge in [0.15, 0.2) is 12.4 Å². The van der Waals surface area contributed by atoms with Crippen LogP contribution in [0.5, 0.6) is 0 Å². The monoisotopic (exact) mass is 446 g/mol. The highest BCUT2D eigenvalue weighted by Crippen LogP contribution is 2.27. The Morgan fingerprint density at radius 2 is 1.93 bits per heavy atom. The second kappa shape index (κ2) is 9.26. The molecule has 11 heteroatoms. The van der Waals surface area contributed by atoms with Gasteiger partial charge in [0, 0.05) is 31.6 Å². The van der Waals surface area contributed by atoms with Crippen LogP contribution in [-0.4, -0.2) is 76.1 Å². The lowest BCUT2D eigenvalue weighted by molar-refractivity contribution is -0.150. The number of esters is 1. The number of aromatic nitrogens is 2. The summed E-state index contributed by atoms with van der Waals surface area (Å²) in [4.78, 5) is 49.1. The lowest BCUT2D eigenvalue weighted by atomic mass is 10.3.